The first-order valence-electron chi connectivity index (χ1n) is 7.45. The highest BCUT2D eigenvalue weighted by Crippen LogP contribution is 2.35. The van der Waals surface area contributed by atoms with Crippen LogP contribution >= 0.6 is 0 Å². The van der Waals surface area contributed by atoms with Crippen molar-refractivity contribution in [1.29, 1.82) is 0 Å². The van der Waals surface area contributed by atoms with Crippen molar-refractivity contribution in [2.75, 3.05) is 39.6 Å². The summed E-state index contributed by atoms with van der Waals surface area (Å²) in [5.41, 5.74) is 0. The maximum atomic E-state index is 5.71. The summed E-state index contributed by atoms with van der Waals surface area (Å²) in [7, 11) is 0. The van der Waals surface area contributed by atoms with Gasteiger partial charge >= 0.3 is 11.9 Å². The van der Waals surface area contributed by atoms with Gasteiger partial charge in [0.25, 0.3) is 0 Å². The third-order valence-electron chi connectivity index (χ3n) is 2.38. The van der Waals surface area contributed by atoms with Gasteiger partial charge in [0.1, 0.15) is 0 Å². The van der Waals surface area contributed by atoms with Gasteiger partial charge in [-0.3, -0.25) is 0 Å². The van der Waals surface area contributed by atoms with E-state index in [2.05, 4.69) is 0 Å². The Morgan fingerprint density at radius 1 is 0.400 bits per heavy atom. The second-order valence-corrected chi connectivity index (χ2v) is 3.71. The van der Waals surface area contributed by atoms with Crippen LogP contribution in [0.4, 0.5) is 0 Å². The van der Waals surface area contributed by atoms with Crippen LogP contribution in [-0.2, 0) is 28.4 Å². The van der Waals surface area contributed by atoms with Crippen molar-refractivity contribution < 1.29 is 28.4 Å². The molecule has 0 fully saturated rings. The van der Waals surface area contributed by atoms with E-state index in [1.807, 2.05) is 41.5 Å². The lowest BCUT2D eigenvalue weighted by Crippen LogP contribution is -2.64. The van der Waals surface area contributed by atoms with Gasteiger partial charge in [-0.15, -0.1) is 0 Å². The predicted octanol–water partition coefficient (Wildman–Crippen LogP) is 2.51. The van der Waals surface area contributed by atoms with Crippen molar-refractivity contribution >= 4 is 0 Å². The molecule has 20 heavy (non-hydrogen) atoms. The summed E-state index contributed by atoms with van der Waals surface area (Å²) in [6.45, 7) is 13.3. The van der Waals surface area contributed by atoms with E-state index in [-0.39, 0.29) is 0 Å². The van der Waals surface area contributed by atoms with Crippen molar-refractivity contribution in [3.63, 3.8) is 0 Å². The molecule has 0 aromatic rings. The Balaban J connectivity index is 5.62. The van der Waals surface area contributed by atoms with Crippen LogP contribution in [0.15, 0.2) is 0 Å². The molecule has 0 saturated heterocycles. The highest BCUT2D eigenvalue weighted by atomic mass is 17.0. The van der Waals surface area contributed by atoms with Gasteiger partial charge in [-0.2, -0.15) is 0 Å². The highest BCUT2D eigenvalue weighted by molar-refractivity contribution is 4.74. The molecule has 0 saturated carbocycles. The molecule has 6 nitrogen and oxygen atoms in total. The molecule has 0 radical (unpaired) electrons. The van der Waals surface area contributed by atoms with Crippen LogP contribution in [0.5, 0.6) is 0 Å². The molecule has 0 amide bonds. The highest BCUT2D eigenvalue weighted by Gasteiger charge is 2.60. The van der Waals surface area contributed by atoms with E-state index in [1.54, 1.807) is 0 Å². The fraction of sp³-hybridized carbons (Fsp3) is 1.00. The lowest BCUT2D eigenvalue weighted by molar-refractivity contribution is -0.558. The monoisotopic (exact) mass is 294 g/mol. The van der Waals surface area contributed by atoms with Crippen molar-refractivity contribution in [3.05, 3.63) is 0 Å². The molecular formula is C14H30O6. The summed E-state index contributed by atoms with van der Waals surface area (Å²) in [6, 6.07) is 0. The zero-order valence-corrected chi connectivity index (χ0v) is 13.7. The number of ether oxygens (including phenoxy) is 6. The molecule has 0 heterocycles. The predicted molar refractivity (Wildman–Crippen MR) is 75.2 cm³/mol. The lowest BCUT2D eigenvalue weighted by Gasteiger charge is -2.45. The Kier molecular flexibility index (Phi) is 10.4. The molecule has 122 valence electrons. The van der Waals surface area contributed by atoms with Crippen LogP contribution in [-0.4, -0.2) is 51.6 Å². The SMILES string of the molecule is CCOC(OCC)(OCC)C(OCC)(OCC)OCC. The van der Waals surface area contributed by atoms with E-state index in [0.29, 0.717) is 39.6 Å². The largest absolute Gasteiger partial charge is 0.370 e. The van der Waals surface area contributed by atoms with Crippen molar-refractivity contribution in [2.45, 2.75) is 53.5 Å². The van der Waals surface area contributed by atoms with E-state index in [1.165, 1.54) is 0 Å². The van der Waals surface area contributed by atoms with E-state index in [9.17, 15) is 0 Å². The lowest BCUT2D eigenvalue weighted by atomic mass is 10.4. The third-order valence-corrected chi connectivity index (χ3v) is 2.38. The molecule has 0 aliphatic carbocycles. The Hall–Kier alpha value is -0.240. The standard InChI is InChI=1S/C14H30O6/c1-7-15-13(16-8-2,17-9-3)14(18-10-4,19-11-5)20-12-6/h7-12H2,1-6H3. The zero-order valence-electron chi connectivity index (χ0n) is 13.7. The Morgan fingerprint density at radius 3 is 0.650 bits per heavy atom. The third kappa shape index (κ3) is 4.65. The van der Waals surface area contributed by atoms with Gasteiger partial charge in [0, 0.05) is 39.6 Å². The average molecular weight is 294 g/mol. The zero-order chi connectivity index (χ0) is 15.5. The number of rotatable bonds is 13. The van der Waals surface area contributed by atoms with E-state index >= 15 is 0 Å². The van der Waals surface area contributed by atoms with Crippen LogP contribution in [0, 0.1) is 0 Å². The van der Waals surface area contributed by atoms with Crippen molar-refractivity contribution in [2.24, 2.45) is 0 Å². The molecule has 0 aromatic carbocycles. The first-order valence-corrected chi connectivity index (χ1v) is 7.45. The summed E-state index contributed by atoms with van der Waals surface area (Å²) in [5, 5.41) is 0. The van der Waals surface area contributed by atoms with Gasteiger partial charge in [0.05, 0.1) is 0 Å². The minimum Gasteiger partial charge on any atom is -0.321 e. The van der Waals surface area contributed by atoms with Gasteiger partial charge in [0.2, 0.25) is 0 Å². The van der Waals surface area contributed by atoms with Crippen molar-refractivity contribution in [1.82, 2.24) is 0 Å². The minimum absolute atomic E-state index is 0.370. The van der Waals surface area contributed by atoms with Crippen LogP contribution in [0.25, 0.3) is 0 Å². The van der Waals surface area contributed by atoms with E-state index in [0.717, 1.165) is 0 Å². The minimum atomic E-state index is -1.55. The summed E-state index contributed by atoms with van der Waals surface area (Å²) < 4.78 is 34.3. The molecule has 0 bridgehead atoms. The van der Waals surface area contributed by atoms with Gasteiger partial charge in [-0.05, 0) is 41.5 Å². The Labute approximate surface area is 122 Å². The molecule has 0 rings (SSSR count). The molecule has 0 aromatic heterocycles. The van der Waals surface area contributed by atoms with Gasteiger partial charge < -0.3 is 28.4 Å². The van der Waals surface area contributed by atoms with Gasteiger partial charge in [-0.25, -0.2) is 0 Å². The first-order chi connectivity index (χ1) is 9.61. The normalized spacial score (nSPS) is 12.9. The fourth-order valence-corrected chi connectivity index (χ4v) is 1.92. The summed E-state index contributed by atoms with van der Waals surface area (Å²) >= 11 is 0. The molecule has 0 atom stereocenters. The van der Waals surface area contributed by atoms with Crippen molar-refractivity contribution in [3.8, 4) is 0 Å². The maximum absolute atomic E-state index is 5.71. The first kappa shape index (κ1) is 19.8. The summed E-state index contributed by atoms with van der Waals surface area (Å²) in [6.07, 6.45) is 0. The number of hydrogen-bond donors (Lipinski definition) is 0. The van der Waals surface area contributed by atoms with Crippen LogP contribution < -0.4 is 0 Å². The van der Waals surface area contributed by atoms with Crippen LogP contribution in [0.3, 0.4) is 0 Å². The second kappa shape index (κ2) is 10.5. The second-order valence-electron chi connectivity index (χ2n) is 3.71. The topological polar surface area (TPSA) is 55.4 Å². The van der Waals surface area contributed by atoms with Gasteiger partial charge in [-0.1, -0.05) is 0 Å². The molecule has 0 N–H and O–H groups in total. The summed E-state index contributed by atoms with van der Waals surface area (Å²) in [5.74, 6) is -3.10. The average Bonchev–Trinajstić information content (AvgIpc) is 2.40. The Morgan fingerprint density at radius 2 is 0.550 bits per heavy atom. The smallest absolute Gasteiger partial charge is 0.321 e. The molecule has 0 spiro atoms. The summed E-state index contributed by atoms with van der Waals surface area (Å²) in [4.78, 5) is 0. The van der Waals surface area contributed by atoms with E-state index < -0.39 is 11.9 Å². The van der Waals surface area contributed by atoms with Crippen LogP contribution in [0.2, 0.25) is 0 Å². The number of hydrogen-bond acceptors (Lipinski definition) is 6. The molecule has 0 aliphatic rings. The van der Waals surface area contributed by atoms with E-state index in [4.69, 9.17) is 28.4 Å². The van der Waals surface area contributed by atoms with Gasteiger partial charge in [0.15, 0.2) is 0 Å². The molecule has 6 heteroatoms. The quantitative estimate of drug-likeness (QED) is 0.487. The fourth-order valence-electron chi connectivity index (χ4n) is 1.92. The molecular weight excluding hydrogens is 264 g/mol. The maximum Gasteiger partial charge on any atom is 0.370 e. The molecule has 0 unspecified atom stereocenters. The van der Waals surface area contributed by atoms with Crippen LogP contribution in [0.1, 0.15) is 41.5 Å². The molecule has 0 aliphatic heterocycles. The Bertz CT molecular complexity index is 176.